The zero-order valence-corrected chi connectivity index (χ0v) is 10.4. The standard InChI is InChI=1S/C9H7ClF4O3S/c1-18(15,16)17-7-3-6(10)4(8(11)12)2-5(7)9(13)14/h2-3,8-9H,1H3. The summed E-state index contributed by atoms with van der Waals surface area (Å²) in [6.07, 6.45) is -5.59. The van der Waals surface area contributed by atoms with Crippen molar-refractivity contribution in [1.82, 2.24) is 0 Å². The molecule has 0 aliphatic heterocycles. The van der Waals surface area contributed by atoms with Crippen LogP contribution in [-0.4, -0.2) is 14.7 Å². The van der Waals surface area contributed by atoms with Gasteiger partial charge < -0.3 is 4.18 Å². The van der Waals surface area contributed by atoms with Gasteiger partial charge in [0.25, 0.3) is 12.9 Å². The van der Waals surface area contributed by atoms with Gasteiger partial charge in [-0.05, 0) is 6.07 Å². The highest BCUT2D eigenvalue weighted by Gasteiger charge is 2.23. The smallest absolute Gasteiger partial charge is 0.306 e. The van der Waals surface area contributed by atoms with Gasteiger partial charge in [0.15, 0.2) is 5.75 Å². The number of rotatable bonds is 4. The van der Waals surface area contributed by atoms with E-state index in [4.69, 9.17) is 11.6 Å². The molecule has 1 rings (SSSR count). The SMILES string of the molecule is CS(=O)(=O)Oc1cc(Cl)c(C(F)F)cc1C(F)F. The number of alkyl halides is 4. The highest BCUT2D eigenvalue weighted by Crippen LogP contribution is 2.38. The van der Waals surface area contributed by atoms with Crippen molar-refractivity contribution in [3.8, 4) is 5.75 Å². The predicted molar refractivity (Wildman–Crippen MR) is 56.8 cm³/mol. The first-order valence-corrected chi connectivity index (χ1v) is 6.60. The van der Waals surface area contributed by atoms with E-state index in [0.29, 0.717) is 18.4 Å². The summed E-state index contributed by atoms with van der Waals surface area (Å²) in [4.78, 5) is 0. The van der Waals surface area contributed by atoms with Gasteiger partial charge in [0.05, 0.1) is 16.8 Å². The second-order valence-electron chi connectivity index (χ2n) is 3.30. The first-order valence-electron chi connectivity index (χ1n) is 4.41. The summed E-state index contributed by atoms with van der Waals surface area (Å²) in [5.41, 5.74) is -1.77. The van der Waals surface area contributed by atoms with Gasteiger partial charge in [-0.1, -0.05) is 11.6 Å². The molecule has 3 nitrogen and oxygen atoms in total. The Kier molecular flexibility index (Phi) is 4.44. The van der Waals surface area contributed by atoms with Crippen molar-refractivity contribution in [1.29, 1.82) is 0 Å². The summed E-state index contributed by atoms with van der Waals surface area (Å²) < 4.78 is 76.1. The molecule has 0 heterocycles. The molecule has 102 valence electrons. The molecule has 0 saturated heterocycles. The first kappa shape index (κ1) is 15.0. The maximum absolute atomic E-state index is 12.6. The fourth-order valence-corrected chi connectivity index (χ4v) is 1.87. The van der Waals surface area contributed by atoms with Crippen molar-refractivity contribution in [3.05, 3.63) is 28.3 Å². The van der Waals surface area contributed by atoms with Crippen LogP contribution in [0.4, 0.5) is 17.6 Å². The third-order valence-corrected chi connectivity index (χ3v) is 2.65. The van der Waals surface area contributed by atoms with Crippen LogP contribution in [0, 0.1) is 0 Å². The maximum atomic E-state index is 12.6. The summed E-state index contributed by atoms with van der Waals surface area (Å²) in [6, 6.07) is 1.06. The molecule has 18 heavy (non-hydrogen) atoms. The predicted octanol–water partition coefficient (Wildman–Crippen LogP) is 3.55. The summed E-state index contributed by atoms with van der Waals surface area (Å²) in [6.45, 7) is 0. The summed E-state index contributed by atoms with van der Waals surface area (Å²) in [5, 5.41) is -0.548. The molecule has 1 aromatic carbocycles. The van der Waals surface area contributed by atoms with E-state index in [0.717, 1.165) is 0 Å². The van der Waals surface area contributed by atoms with E-state index >= 15 is 0 Å². The lowest BCUT2D eigenvalue weighted by Crippen LogP contribution is -2.08. The van der Waals surface area contributed by atoms with E-state index in [1.54, 1.807) is 0 Å². The molecule has 0 N–H and O–H groups in total. The van der Waals surface area contributed by atoms with Crippen molar-refractivity contribution in [2.24, 2.45) is 0 Å². The monoisotopic (exact) mass is 306 g/mol. The molecule has 0 amide bonds. The molecule has 0 bridgehead atoms. The molecule has 0 radical (unpaired) electrons. The quantitative estimate of drug-likeness (QED) is 0.631. The van der Waals surface area contributed by atoms with Gasteiger partial charge in [0.1, 0.15) is 0 Å². The molecular formula is C9H7ClF4O3S. The average molecular weight is 307 g/mol. The number of halogens is 5. The molecular weight excluding hydrogens is 300 g/mol. The van der Waals surface area contributed by atoms with Crippen LogP contribution in [0.15, 0.2) is 12.1 Å². The highest BCUT2D eigenvalue weighted by molar-refractivity contribution is 7.86. The molecule has 9 heteroatoms. The van der Waals surface area contributed by atoms with E-state index < -0.39 is 44.9 Å². The summed E-state index contributed by atoms with van der Waals surface area (Å²) in [7, 11) is -4.06. The van der Waals surface area contributed by atoms with Crippen LogP contribution in [0.25, 0.3) is 0 Å². The van der Waals surface area contributed by atoms with Gasteiger partial charge in [-0.15, -0.1) is 0 Å². The summed E-state index contributed by atoms with van der Waals surface area (Å²) in [5.74, 6) is -0.762. The van der Waals surface area contributed by atoms with Crippen LogP contribution < -0.4 is 4.18 Å². The van der Waals surface area contributed by atoms with Crippen molar-refractivity contribution in [2.45, 2.75) is 12.9 Å². The lowest BCUT2D eigenvalue weighted by Gasteiger charge is -2.12. The van der Waals surface area contributed by atoms with Gasteiger partial charge in [-0.2, -0.15) is 8.42 Å². The van der Waals surface area contributed by atoms with Crippen LogP contribution in [0.5, 0.6) is 5.75 Å². The molecule has 0 fully saturated rings. The van der Waals surface area contributed by atoms with E-state index in [2.05, 4.69) is 4.18 Å². The number of benzene rings is 1. The molecule has 0 atom stereocenters. The van der Waals surface area contributed by atoms with Gasteiger partial charge in [0.2, 0.25) is 0 Å². The van der Waals surface area contributed by atoms with Crippen LogP contribution in [-0.2, 0) is 10.1 Å². The fraction of sp³-hybridized carbons (Fsp3) is 0.333. The second kappa shape index (κ2) is 5.31. The fourth-order valence-electron chi connectivity index (χ4n) is 1.16. The van der Waals surface area contributed by atoms with E-state index in [1.165, 1.54) is 0 Å². The van der Waals surface area contributed by atoms with E-state index in [-0.39, 0.29) is 0 Å². The minimum atomic E-state index is -4.06. The molecule has 0 aliphatic carbocycles. The van der Waals surface area contributed by atoms with Gasteiger partial charge >= 0.3 is 10.1 Å². The Balaban J connectivity index is 3.38. The third kappa shape index (κ3) is 3.74. The Labute approximate surface area is 105 Å². The topological polar surface area (TPSA) is 43.4 Å². The molecule has 0 spiro atoms. The minimum Gasteiger partial charge on any atom is -0.382 e. The largest absolute Gasteiger partial charge is 0.382 e. The first-order chi connectivity index (χ1) is 8.11. The lowest BCUT2D eigenvalue weighted by molar-refractivity contribution is 0.142. The Morgan fingerprint density at radius 1 is 1.11 bits per heavy atom. The molecule has 0 aromatic heterocycles. The van der Waals surface area contributed by atoms with Crippen molar-refractivity contribution in [3.63, 3.8) is 0 Å². The van der Waals surface area contributed by atoms with Gasteiger partial charge in [-0.25, -0.2) is 17.6 Å². The number of hydrogen-bond donors (Lipinski definition) is 0. The second-order valence-corrected chi connectivity index (χ2v) is 5.28. The van der Waals surface area contributed by atoms with Gasteiger partial charge in [-0.3, -0.25) is 0 Å². The van der Waals surface area contributed by atoms with Gasteiger partial charge in [0, 0.05) is 11.6 Å². The van der Waals surface area contributed by atoms with Crippen LogP contribution in [0.2, 0.25) is 5.02 Å². The zero-order valence-electron chi connectivity index (χ0n) is 8.83. The Morgan fingerprint density at radius 3 is 2.00 bits per heavy atom. The van der Waals surface area contributed by atoms with Crippen molar-refractivity contribution < 1.29 is 30.2 Å². The molecule has 0 saturated carbocycles. The minimum absolute atomic E-state index is 0.429. The highest BCUT2D eigenvalue weighted by atomic mass is 35.5. The maximum Gasteiger partial charge on any atom is 0.306 e. The molecule has 1 aromatic rings. The normalized spacial score (nSPS) is 12.2. The Morgan fingerprint density at radius 2 is 1.61 bits per heavy atom. The lowest BCUT2D eigenvalue weighted by atomic mass is 10.1. The van der Waals surface area contributed by atoms with E-state index in [1.807, 2.05) is 0 Å². The zero-order chi connectivity index (χ0) is 14.1. The van der Waals surface area contributed by atoms with Crippen LogP contribution in [0.3, 0.4) is 0 Å². The molecule has 0 unspecified atom stereocenters. The Hall–Kier alpha value is -1.02. The van der Waals surface area contributed by atoms with Crippen molar-refractivity contribution >= 4 is 21.7 Å². The number of hydrogen-bond acceptors (Lipinski definition) is 3. The molecule has 0 aliphatic rings. The summed E-state index contributed by atoms with van der Waals surface area (Å²) >= 11 is 5.43. The van der Waals surface area contributed by atoms with Crippen LogP contribution >= 0.6 is 11.6 Å². The van der Waals surface area contributed by atoms with Crippen LogP contribution in [0.1, 0.15) is 24.0 Å². The van der Waals surface area contributed by atoms with E-state index in [9.17, 15) is 26.0 Å². The Bertz CT molecular complexity index is 545. The third-order valence-electron chi connectivity index (χ3n) is 1.84. The van der Waals surface area contributed by atoms with Crippen molar-refractivity contribution in [2.75, 3.05) is 6.26 Å². The average Bonchev–Trinajstić information content (AvgIpc) is 2.13.